The van der Waals surface area contributed by atoms with Gasteiger partial charge in [0.25, 0.3) is 0 Å². The number of hydrogen-bond acceptors (Lipinski definition) is 1. The van der Waals surface area contributed by atoms with Crippen LogP contribution < -0.4 is 0 Å². The number of rotatable bonds is 1. The van der Waals surface area contributed by atoms with E-state index < -0.39 is 0 Å². The number of aryl methyl sites for hydroxylation is 1. The van der Waals surface area contributed by atoms with Crippen molar-refractivity contribution >= 4 is 16.8 Å². The fourth-order valence-electron chi connectivity index (χ4n) is 1.53. The lowest BCUT2D eigenvalue weighted by Crippen LogP contribution is -1.82. The summed E-state index contributed by atoms with van der Waals surface area (Å²) in [6, 6.07) is 6.27. The first kappa shape index (κ1) is 7.99. The van der Waals surface area contributed by atoms with Gasteiger partial charge in [0.1, 0.15) is 0 Å². The Balaban J connectivity index is 2.84. The minimum atomic E-state index is 1.16. The Morgan fingerprint density at radius 2 is 2.23 bits per heavy atom. The van der Waals surface area contributed by atoms with Crippen molar-refractivity contribution in [2.24, 2.45) is 0 Å². The Morgan fingerprint density at radius 3 is 3.00 bits per heavy atom. The molecule has 0 fully saturated rings. The highest BCUT2D eigenvalue weighted by Crippen LogP contribution is 2.19. The Kier molecular flexibility index (Phi) is 1.85. The fourth-order valence-corrected chi connectivity index (χ4v) is 1.53. The highest BCUT2D eigenvalue weighted by molar-refractivity contribution is 5.86. The van der Waals surface area contributed by atoms with E-state index in [1.54, 1.807) is 0 Å². The van der Waals surface area contributed by atoms with Crippen LogP contribution in [0.5, 0.6) is 0 Å². The van der Waals surface area contributed by atoms with Gasteiger partial charge < -0.3 is 0 Å². The van der Waals surface area contributed by atoms with Crippen LogP contribution in [0.2, 0.25) is 0 Å². The number of hydrogen-bond donors (Lipinski definition) is 0. The van der Waals surface area contributed by atoms with Crippen molar-refractivity contribution < 1.29 is 0 Å². The van der Waals surface area contributed by atoms with Crippen molar-refractivity contribution in [2.45, 2.75) is 6.92 Å². The Labute approximate surface area is 77.7 Å². The van der Waals surface area contributed by atoms with Crippen molar-refractivity contribution in [3.8, 4) is 0 Å². The summed E-state index contributed by atoms with van der Waals surface area (Å²) in [5.74, 6) is 0. The monoisotopic (exact) mass is 169 g/mol. The molecular formula is C12H11N. The summed E-state index contributed by atoms with van der Waals surface area (Å²) in [7, 11) is 0. The average molecular weight is 169 g/mol. The molecule has 13 heavy (non-hydrogen) atoms. The third-order valence-electron chi connectivity index (χ3n) is 2.22. The predicted octanol–water partition coefficient (Wildman–Crippen LogP) is 3.19. The van der Waals surface area contributed by atoms with Crippen molar-refractivity contribution in [3.63, 3.8) is 0 Å². The number of benzene rings is 1. The fraction of sp³-hybridized carbons (Fsp3) is 0.0833. The van der Waals surface area contributed by atoms with E-state index in [2.05, 4.69) is 30.6 Å². The SMILES string of the molecule is C=Cc1cc(C)c2cnccc2c1. The van der Waals surface area contributed by atoms with Crippen molar-refractivity contribution in [1.82, 2.24) is 4.98 Å². The summed E-state index contributed by atoms with van der Waals surface area (Å²) in [6.07, 6.45) is 5.58. The Hall–Kier alpha value is -1.63. The lowest BCUT2D eigenvalue weighted by atomic mass is 10.0. The van der Waals surface area contributed by atoms with Gasteiger partial charge in [0, 0.05) is 17.8 Å². The second-order valence-corrected chi connectivity index (χ2v) is 3.14. The summed E-state index contributed by atoms with van der Waals surface area (Å²) in [5, 5.41) is 2.44. The molecule has 0 radical (unpaired) electrons. The zero-order chi connectivity index (χ0) is 9.26. The van der Waals surface area contributed by atoms with Crippen LogP contribution in [0.15, 0.2) is 37.2 Å². The summed E-state index contributed by atoms with van der Waals surface area (Å²) >= 11 is 0. The summed E-state index contributed by atoms with van der Waals surface area (Å²) in [6.45, 7) is 5.86. The Morgan fingerprint density at radius 1 is 1.38 bits per heavy atom. The van der Waals surface area contributed by atoms with Gasteiger partial charge in [-0.1, -0.05) is 18.7 Å². The van der Waals surface area contributed by atoms with Gasteiger partial charge in [-0.05, 0) is 35.6 Å². The van der Waals surface area contributed by atoms with Gasteiger partial charge in [0.2, 0.25) is 0 Å². The van der Waals surface area contributed by atoms with Crippen molar-refractivity contribution in [1.29, 1.82) is 0 Å². The lowest BCUT2D eigenvalue weighted by Gasteiger charge is -2.02. The molecule has 0 spiro atoms. The van der Waals surface area contributed by atoms with Crippen LogP contribution in [0.1, 0.15) is 11.1 Å². The molecule has 0 aliphatic heterocycles. The van der Waals surface area contributed by atoms with Gasteiger partial charge in [0.15, 0.2) is 0 Å². The molecule has 0 saturated carbocycles. The van der Waals surface area contributed by atoms with E-state index in [-0.39, 0.29) is 0 Å². The summed E-state index contributed by atoms with van der Waals surface area (Å²) < 4.78 is 0. The first-order valence-corrected chi connectivity index (χ1v) is 4.28. The highest BCUT2D eigenvalue weighted by Gasteiger charge is 1.97. The molecule has 2 rings (SSSR count). The minimum Gasteiger partial charge on any atom is -0.264 e. The normalized spacial score (nSPS) is 10.2. The summed E-state index contributed by atoms with van der Waals surface area (Å²) in [4.78, 5) is 4.10. The zero-order valence-electron chi connectivity index (χ0n) is 7.62. The molecule has 0 atom stereocenters. The molecular weight excluding hydrogens is 158 g/mol. The molecule has 1 nitrogen and oxygen atoms in total. The molecule has 0 amide bonds. The predicted molar refractivity (Wildman–Crippen MR) is 56.6 cm³/mol. The molecule has 0 aliphatic rings. The molecule has 1 aromatic carbocycles. The van der Waals surface area contributed by atoms with E-state index in [4.69, 9.17) is 0 Å². The first-order chi connectivity index (χ1) is 6.31. The molecule has 1 heterocycles. The van der Waals surface area contributed by atoms with Crippen molar-refractivity contribution in [2.75, 3.05) is 0 Å². The molecule has 0 saturated heterocycles. The second kappa shape index (κ2) is 3.02. The first-order valence-electron chi connectivity index (χ1n) is 4.28. The van der Waals surface area contributed by atoms with Crippen LogP contribution in [0.25, 0.3) is 16.8 Å². The van der Waals surface area contributed by atoms with E-state index in [1.807, 2.05) is 24.5 Å². The van der Waals surface area contributed by atoms with Gasteiger partial charge in [-0.25, -0.2) is 0 Å². The molecule has 2 aromatic rings. The lowest BCUT2D eigenvalue weighted by molar-refractivity contribution is 1.35. The summed E-state index contributed by atoms with van der Waals surface area (Å²) in [5.41, 5.74) is 2.41. The third-order valence-corrected chi connectivity index (χ3v) is 2.22. The number of aromatic nitrogens is 1. The van der Waals surface area contributed by atoms with Gasteiger partial charge in [-0.15, -0.1) is 0 Å². The second-order valence-electron chi connectivity index (χ2n) is 3.14. The molecule has 64 valence electrons. The van der Waals surface area contributed by atoms with Crippen LogP contribution >= 0.6 is 0 Å². The molecule has 0 aliphatic carbocycles. The number of fused-ring (bicyclic) bond motifs is 1. The van der Waals surface area contributed by atoms with Gasteiger partial charge in [-0.3, -0.25) is 4.98 Å². The van der Waals surface area contributed by atoms with Gasteiger partial charge in [-0.2, -0.15) is 0 Å². The smallest absolute Gasteiger partial charge is 0.0349 e. The maximum atomic E-state index is 4.10. The van der Waals surface area contributed by atoms with Crippen LogP contribution in [0.3, 0.4) is 0 Å². The van der Waals surface area contributed by atoms with Crippen LogP contribution in [-0.4, -0.2) is 4.98 Å². The molecule has 0 bridgehead atoms. The average Bonchev–Trinajstić information content (AvgIpc) is 2.18. The molecule has 0 N–H and O–H groups in total. The Bertz CT molecular complexity index is 458. The standard InChI is InChI=1S/C12H11N/c1-3-10-6-9(2)12-8-13-5-4-11(12)7-10/h3-8H,1H2,2H3. The topological polar surface area (TPSA) is 12.9 Å². The van der Waals surface area contributed by atoms with E-state index in [9.17, 15) is 0 Å². The molecule has 0 unspecified atom stereocenters. The highest BCUT2D eigenvalue weighted by atomic mass is 14.6. The van der Waals surface area contributed by atoms with Gasteiger partial charge >= 0.3 is 0 Å². The van der Waals surface area contributed by atoms with Crippen LogP contribution in [0.4, 0.5) is 0 Å². The quantitative estimate of drug-likeness (QED) is 0.638. The van der Waals surface area contributed by atoms with E-state index in [0.717, 1.165) is 5.56 Å². The van der Waals surface area contributed by atoms with Crippen molar-refractivity contribution in [3.05, 3.63) is 48.3 Å². The third kappa shape index (κ3) is 1.33. The van der Waals surface area contributed by atoms with E-state index in [0.29, 0.717) is 0 Å². The van der Waals surface area contributed by atoms with E-state index >= 15 is 0 Å². The number of pyridine rings is 1. The molecule has 1 heteroatoms. The van der Waals surface area contributed by atoms with Crippen LogP contribution in [-0.2, 0) is 0 Å². The maximum Gasteiger partial charge on any atom is 0.0349 e. The number of nitrogens with zero attached hydrogens (tertiary/aromatic N) is 1. The van der Waals surface area contributed by atoms with Crippen LogP contribution in [0, 0.1) is 6.92 Å². The van der Waals surface area contributed by atoms with Gasteiger partial charge in [0.05, 0.1) is 0 Å². The van der Waals surface area contributed by atoms with E-state index in [1.165, 1.54) is 16.3 Å². The zero-order valence-corrected chi connectivity index (χ0v) is 7.62. The minimum absolute atomic E-state index is 1.16. The molecule has 1 aromatic heterocycles. The largest absolute Gasteiger partial charge is 0.264 e. The maximum absolute atomic E-state index is 4.10.